The van der Waals surface area contributed by atoms with Gasteiger partial charge in [-0.3, -0.25) is 14.8 Å². The summed E-state index contributed by atoms with van der Waals surface area (Å²) in [6.45, 7) is 5.74. The number of rotatable bonds is 6. The number of nitrogens with one attached hydrogen (secondary N) is 2. The van der Waals surface area contributed by atoms with Gasteiger partial charge in [-0.25, -0.2) is 0 Å². The van der Waals surface area contributed by atoms with Gasteiger partial charge in [0.2, 0.25) is 5.13 Å². The van der Waals surface area contributed by atoms with Crippen LogP contribution >= 0.6 is 11.3 Å². The second-order valence-corrected chi connectivity index (χ2v) is 10.5. The van der Waals surface area contributed by atoms with E-state index in [-0.39, 0.29) is 15.4 Å². The monoisotopic (exact) mass is 472 g/mol. The van der Waals surface area contributed by atoms with Crippen LogP contribution in [0.2, 0.25) is 0 Å². The van der Waals surface area contributed by atoms with Gasteiger partial charge in [0.25, 0.3) is 20.3 Å². The highest BCUT2D eigenvalue weighted by molar-refractivity contribution is 7.94. The molecule has 3 aromatic rings. The molecule has 2 N–H and O–H groups in total. The molecule has 0 spiro atoms. The van der Waals surface area contributed by atoms with E-state index in [4.69, 9.17) is 0 Å². The zero-order valence-corrected chi connectivity index (χ0v) is 19.4. The van der Waals surface area contributed by atoms with E-state index in [2.05, 4.69) is 37.1 Å². The van der Waals surface area contributed by atoms with Crippen LogP contribution in [-0.2, 0) is 10.0 Å². The number of hydrogen-bond donors (Lipinski definition) is 2. The van der Waals surface area contributed by atoms with Gasteiger partial charge in [0.05, 0.1) is 0 Å². The molecule has 168 valence electrons. The Kier molecular flexibility index (Phi) is 6.40. The number of carbonyl (C=O) groups is 1. The smallest absolute Gasteiger partial charge is 0.291 e. The Labute approximate surface area is 191 Å². The van der Waals surface area contributed by atoms with Gasteiger partial charge in [0, 0.05) is 43.1 Å². The van der Waals surface area contributed by atoms with Crippen molar-refractivity contribution in [3.05, 3.63) is 59.7 Å². The zero-order valence-electron chi connectivity index (χ0n) is 17.8. The van der Waals surface area contributed by atoms with Crippen LogP contribution in [0.1, 0.15) is 15.9 Å². The van der Waals surface area contributed by atoms with Crippen molar-refractivity contribution in [1.82, 2.24) is 15.1 Å². The number of aromatic nitrogens is 2. The SMILES string of the molecule is Cc1cccc(C(=O)Nc2nnc(S(=O)(=O)Nc3ccc(N4CCN(C)CC4)cc3)s2)c1. The summed E-state index contributed by atoms with van der Waals surface area (Å²) in [5.74, 6) is -0.374. The van der Waals surface area contributed by atoms with E-state index in [9.17, 15) is 13.2 Å². The molecule has 0 atom stereocenters. The van der Waals surface area contributed by atoms with Crippen LogP contribution in [0.5, 0.6) is 0 Å². The second kappa shape index (κ2) is 9.23. The van der Waals surface area contributed by atoms with Crippen molar-refractivity contribution >= 4 is 43.8 Å². The van der Waals surface area contributed by atoms with Crippen LogP contribution in [0.3, 0.4) is 0 Å². The quantitative estimate of drug-likeness (QED) is 0.531. The van der Waals surface area contributed by atoms with Crippen LogP contribution in [0, 0.1) is 6.92 Å². The number of benzene rings is 2. The lowest BCUT2D eigenvalue weighted by Gasteiger charge is -2.34. The van der Waals surface area contributed by atoms with Gasteiger partial charge >= 0.3 is 0 Å². The summed E-state index contributed by atoms with van der Waals surface area (Å²) in [6, 6.07) is 14.3. The van der Waals surface area contributed by atoms with E-state index in [1.165, 1.54) is 0 Å². The number of amides is 1. The standard InChI is InChI=1S/C21H24N6O3S2/c1-15-4-3-5-16(14-15)19(28)22-20-23-24-21(31-20)32(29,30)25-17-6-8-18(9-7-17)27-12-10-26(2)11-13-27/h3-9,14,25H,10-13H2,1-2H3,(H,22,23,28). The molecule has 0 saturated carbocycles. The molecule has 9 nitrogen and oxygen atoms in total. The maximum Gasteiger partial charge on any atom is 0.291 e. The number of sulfonamides is 1. The van der Waals surface area contributed by atoms with E-state index in [1.54, 1.807) is 30.3 Å². The van der Waals surface area contributed by atoms with E-state index in [0.29, 0.717) is 11.3 Å². The summed E-state index contributed by atoms with van der Waals surface area (Å²) in [7, 11) is -1.82. The van der Waals surface area contributed by atoms with Gasteiger partial charge in [-0.15, -0.1) is 10.2 Å². The highest BCUT2D eigenvalue weighted by atomic mass is 32.2. The molecular weight excluding hydrogens is 448 g/mol. The molecule has 2 aromatic carbocycles. The van der Waals surface area contributed by atoms with Crippen molar-refractivity contribution in [3.63, 3.8) is 0 Å². The molecule has 2 heterocycles. The van der Waals surface area contributed by atoms with Gasteiger partial charge in [-0.2, -0.15) is 8.42 Å². The second-order valence-electron chi connectivity index (χ2n) is 7.64. The first-order valence-corrected chi connectivity index (χ1v) is 12.4. The lowest BCUT2D eigenvalue weighted by atomic mass is 10.1. The Morgan fingerprint density at radius 3 is 2.44 bits per heavy atom. The fourth-order valence-corrected chi connectivity index (χ4v) is 5.28. The van der Waals surface area contributed by atoms with Crippen molar-refractivity contribution in [2.45, 2.75) is 11.3 Å². The minimum absolute atomic E-state index is 0.113. The normalized spacial score (nSPS) is 14.9. The summed E-state index contributed by atoms with van der Waals surface area (Å²) >= 11 is 0.795. The van der Waals surface area contributed by atoms with Crippen LogP contribution < -0.4 is 14.9 Å². The fraction of sp³-hybridized carbons (Fsp3) is 0.286. The van der Waals surface area contributed by atoms with Gasteiger partial charge in [0.15, 0.2) is 0 Å². The average molecular weight is 473 g/mol. The Balaban J connectivity index is 1.40. The predicted octanol–water partition coefficient (Wildman–Crippen LogP) is 2.65. The molecule has 32 heavy (non-hydrogen) atoms. The number of aryl methyl sites for hydroxylation is 1. The first-order valence-electron chi connectivity index (χ1n) is 10.1. The van der Waals surface area contributed by atoms with Crippen molar-refractivity contribution in [1.29, 1.82) is 0 Å². The van der Waals surface area contributed by atoms with Gasteiger partial charge in [-0.1, -0.05) is 29.0 Å². The Bertz CT molecular complexity index is 1200. The number of carbonyl (C=O) groups excluding carboxylic acids is 1. The van der Waals surface area contributed by atoms with Gasteiger partial charge in [-0.05, 0) is 50.4 Å². The number of likely N-dealkylation sites (N-methyl/N-ethyl adjacent to an activating group) is 1. The summed E-state index contributed by atoms with van der Waals surface area (Å²) in [6.07, 6.45) is 0. The maximum atomic E-state index is 12.7. The third kappa shape index (κ3) is 5.23. The van der Waals surface area contributed by atoms with Crippen molar-refractivity contribution in [2.24, 2.45) is 0 Å². The molecule has 0 unspecified atom stereocenters. The van der Waals surface area contributed by atoms with Crippen molar-refractivity contribution in [2.75, 3.05) is 48.2 Å². The van der Waals surface area contributed by atoms with Gasteiger partial charge in [0.1, 0.15) is 0 Å². The van der Waals surface area contributed by atoms with Gasteiger partial charge < -0.3 is 9.80 Å². The molecule has 1 amide bonds. The maximum absolute atomic E-state index is 12.7. The molecule has 1 aliphatic rings. The Morgan fingerprint density at radius 1 is 1.03 bits per heavy atom. The molecule has 4 rings (SSSR count). The largest absolute Gasteiger partial charge is 0.369 e. The fourth-order valence-electron chi connectivity index (χ4n) is 3.33. The molecule has 0 bridgehead atoms. The predicted molar refractivity (Wildman–Crippen MR) is 126 cm³/mol. The van der Waals surface area contributed by atoms with Crippen molar-refractivity contribution in [3.8, 4) is 0 Å². The van der Waals surface area contributed by atoms with E-state index in [0.717, 1.165) is 48.8 Å². The molecule has 11 heteroatoms. The van der Waals surface area contributed by atoms with E-state index in [1.807, 2.05) is 25.1 Å². The average Bonchev–Trinajstić information content (AvgIpc) is 3.24. The number of piperazine rings is 1. The first kappa shape index (κ1) is 22.2. The molecule has 1 aliphatic heterocycles. The third-order valence-electron chi connectivity index (χ3n) is 5.13. The third-order valence-corrected chi connectivity index (χ3v) is 7.71. The van der Waals surface area contributed by atoms with Crippen molar-refractivity contribution < 1.29 is 13.2 Å². The van der Waals surface area contributed by atoms with Crippen LogP contribution in [0.4, 0.5) is 16.5 Å². The first-order chi connectivity index (χ1) is 15.3. The van der Waals surface area contributed by atoms with Crippen LogP contribution in [0.15, 0.2) is 52.9 Å². The molecule has 1 saturated heterocycles. The lowest BCUT2D eigenvalue weighted by Crippen LogP contribution is -2.44. The van der Waals surface area contributed by atoms with Crippen LogP contribution in [0.25, 0.3) is 0 Å². The zero-order chi connectivity index (χ0) is 22.7. The molecular formula is C21H24N6O3S2. The minimum atomic E-state index is -3.92. The number of nitrogens with zero attached hydrogens (tertiary/aromatic N) is 4. The number of hydrogen-bond acceptors (Lipinski definition) is 8. The molecule has 0 aliphatic carbocycles. The summed E-state index contributed by atoms with van der Waals surface area (Å²) in [5.41, 5.74) is 2.89. The van der Waals surface area contributed by atoms with E-state index >= 15 is 0 Å². The molecule has 1 fully saturated rings. The Morgan fingerprint density at radius 2 is 1.75 bits per heavy atom. The molecule has 1 aromatic heterocycles. The highest BCUT2D eigenvalue weighted by Crippen LogP contribution is 2.25. The Hall–Kier alpha value is -3.02. The van der Waals surface area contributed by atoms with Crippen LogP contribution in [-0.4, -0.2) is 62.6 Å². The minimum Gasteiger partial charge on any atom is -0.369 e. The number of anilines is 3. The van der Waals surface area contributed by atoms with E-state index < -0.39 is 10.0 Å². The summed E-state index contributed by atoms with van der Waals surface area (Å²) in [5, 5.41) is 10.2. The lowest BCUT2D eigenvalue weighted by molar-refractivity contribution is 0.102. The highest BCUT2D eigenvalue weighted by Gasteiger charge is 2.22. The summed E-state index contributed by atoms with van der Waals surface area (Å²) in [4.78, 5) is 16.9. The summed E-state index contributed by atoms with van der Waals surface area (Å²) < 4.78 is 27.7. The molecule has 0 radical (unpaired) electrons. The topological polar surface area (TPSA) is 108 Å².